The van der Waals surface area contributed by atoms with Gasteiger partial charge < -0.3 is 35.8 Å². The smallest absolute Gasteiger partial charge is 0.412 e. The van der Waals surface area contributed by atoms with E-state index in [9.17, 15) is 29.1 Å². The standard InChI is InChI=1S/C19H35N3O8.C4H8O2/c1-18(2,11-30-12-19(3,4)10-23)9-14(24)20-8-6-5-7-13(15(25)26)21-16(27)22-17(28)29;1-2-3-4(5)6/h13,23H,5-12H2,1-4H3,(H,20,24)(H,25,26)(H,28,29)(H2,21,22,27);2-3H2,1H3,(H,5,6). The summed E-state index contributed by atoms with van der Waals surface area (Å²) < 4.78 is 5.63. The van der Waals surface area contributed by atoms with Crippen molar-refractivity contribution in [2.24, 2.45) is 10.8 Å². The van der Waals surface area contributed by atoms with E-state index in [4.69, 9.17) is 20.1 Å². The molecule has 0 heterocycles. The molecule has 0 bridgehead atoms. The van der Waals surface area contributed by atoms with Crippen molar-refractivity contribution in [3.63, 3.8) is 0 Å². The second-order valence-corrected chi connectivity index (χ2v) is 9.94. The number of aliphatic carboxylic acids is 2. The number of aliphatic hydroxyl groups excluding tert-OH is 1. The lowest BCUT2D eigenvalue weighted by Crippen LogP contribution is -2.47. The van der Waals surface area contributed by atoms with E-state index >= 15 is 0 Å². The van der Waals surface area contributed by atoms with Crippen LogP contribution in [0.25, 0.3) is 0 Å². The van der Waals surface area contributed by atoms with Crippen LogP contribution in [-0.4, -0.2) is 82.8 Å². The third-order valence-electron chi connectivity index (χ3n) is 4.58. The zero-order valence-corrected chi connectivity index (χ0v) is 21.9. The Labute approximate surface area is 212 Å². The Morgan fingerprint density at radius 1 is 0.917 bits per heavy atom. The van der Waals surface area contributed by atoms with Crippen LogP contribution in [0.2, 0.25) is 0 Å². The first kappa shape index (κ1) is 35.2. The third-order valence-corrected chi connectivity index (χ3v) is 4.58. The Morgan fingerprint density at radius 3 is 1.94 bits per heavy atom. The SMILES string of the molecule is CC(C)(CO)COCC(C)(C)CC(=O)NCCCCC(NC(=O)NC(=O)O)C(=O)O.CCCC(=O)O. The summed E-state index contributed by atoms with van der Waals surface area (Å²) in [5.74, 6) is -2.14. The van der Waals surface area contributed by atoms with Gasteiger partial charge in [-0.2, -0.15) is 0 Å². The molecule has 0 aromatic heterocycles. The van der Waals surface area contributed by atoms with E-state index in [1.165, 1.54) is 5.32 Å². The van der Waals surface area contributed by atoms with Crippen LogP contribution in [-0.2, 0) is 19.1 Å². The summed E-state index contributed by atoms with van der Waals surface area (Å²) in [4.78, 5) is 54.5. The maximum absolute atomic E-state index is 12.1. The van der Waals surface area contributed by atoms with Gasteiger partial charge in [-0.15, -0.1) is 0 Å². The number of imide groups is 1. The van der Waals surface area contributed by atoms with Gasteiger partial charge in [-0.25, -0.2) is 19.7 Å². The average molecular weight is 522 g/mol. The Morgan fingerprint density at radius 2 is 1.50 bits per heavy atom. The van der Waals surface area contributed by atoms with Crippen LogP contribution in [0, 0.1) is 10.8 Å². The second kappa shape index (κ2) is 18.4. The zero-order chi connectivity index (χ0) is 28.4. The van der Waals surface area contributed by atoms with Crippen molar-refractivity contribution in [1.82, 2.24) is 16.0 Å². The molecule has 13 nitrogen and oxygen atoms in total. The van der Waals surface area contributed by atoms with Crippen LogP contribution >= 0.6 is 0 Å². The van der Waals surface area contributed by atoms with Crippen molar-refractivity contribution in [1.29, 1.82) is 0 Å². The quantitative estimate of drug-likeness (QED) is 0.147. The topological polar surface area (TPSA) is 212 Å². The number of carboxylic acid groups (broad SMARTS) is 3. The summed E-state index contributed by atoms with van der Waals surface area (Å²) in [6.07, 6.45) is 0.700. The van der Waals surface area contributed by atoms with Gasteiger partial charge in [0, 0.05) is 24.8 Å². The fourth-order valence-electron chi connectivity index (χ4n) is 2.66. The zero-order valence-electron chi connectivity index (χ0n) is 21.9. The first-order valence-corrected chi connectivity index (χ1v) is 11.8. The maximum Gasteiger partial charge on any atom is 0.412 e. The molecule has 210 valence electrons. The Bertz CT molecular complexity index is 710. The van der Waals surface area contributed by atoms with Crippen LogP contribution in [0.4, 0.5) is 9.59 Å². The monoisotopic (exact) mass is 521 g/mol. The molecule has 0 fully saturated rings. The molecule has 0 saturated heterocycles. The number of carbonyl (C=O) groups excluding carboxylic acids is 2. The van der Waals surface area contributed by atoms with Gasteiger partial charge in [0.15, 0.2) is 0 Å². The highest BCUT2D eigenvalue weighted by molar-refractivity contribution is 5.92. The van der Waals surface area contributed by atoms with Crippen molar-refractivity contribution in [2.45, 2.75) is 79.2 Å². The van der Waals surface area contributed by atoms with E-state index < -0.39 is 30.1 Å². The molecule has 4 amide bonds. The lowest BCUT2D eigenvalue weighted by atomic mass is 9.89. The number of urea groups is 1. The molecule has 0 aliphatic carbocycles. The van der Waals surface area contributed by atoms with Gasteiger partial charge in [0.05, 0.1) is 19.8 Å². The molecule has 0 rings (SSSR count). The number of hydrogen-bond donors (Lipinski definition) is 7. The van der Waals surface area contributed by atoms with E-state index in [-0.39, 0.29) is 36.2 Å². The van der Waals surface area contributed by atoms with Gasteiger partial charge in [-0.1, -0.05) is 34.6 Å². The predicted octanol–water partition coefficient (Wildman–Crippen LogP) is 2.03. The molecular weight excluding hydrogens is 478 g/mol. The summed E-state index contributed by atoms with van der Waals surface area (Å²) in [6.45, 7) is 10.5. The summed E-state index contributed by atoms with van der Waals surface area (Å²) in [5.41, 5.74) is -0.721. The molecule has 0 aliphatic rings. The molecule has 13 heteroatoms. The van der Waals surface area contributed by atoms with E-state index in [0.717, 1.165) is 6.42 Å². The van der Waals surface area contributed by atoms with Crippen LogP contribution in [0.1, 0.15) is 73.1 Å². The van der Waals surface area contributed by atoms with E-state index in [1.54, 1.807) is 0 Å². The van der Waals surface area contributed by atoms with Crippen molar-refractivity contribution in [3.8, 4) is 0 Å². The second-order valence-electron chi connectivity index (χ2n) is 9.94. The first-order valence-electron chi connectivity index (χ1n) is 11.8. The predicted molar refractivity (Wildman–Crippen MR) is 131 cm³/mol. The summed E-state index contributed by atoms with van der Waals surface area (Å²) in [7, 11) is 0. The highest BCUT2D eigenvalue weighted by atomic mass is 16.5. The van der Waals surface area contributed by atoms with E-state index in [1.807, 2.05) is 34.6 Å². The molecule has 0 aromatic rings. The number of hydrogen-bond acceptors (Lipinski definition) is 7. The molecule has 0 saturated carbocycles. The maximum atomic E-state index is 12.1. The number of unbranched alkanes of at least 4 members (excludes halogenated alkanes) is 1. The molecule has 1 atom stereocenters. The first-order chi connectivity index (χ1) is 16.5. The molecule has 7 N–H and O–H groups in total. The normalized spacial score (nSPS) is 11.9. The van der Waals surface area contributed by atoms with Crippen LogP contribution in [0.15, 0.2) is 0 Å². The highest BCUT2D eigenvalue weighted by Gasteiger charge is 2.25. The van der Waals surface area contributed by atoms with Gasteiger partial charge in [0.1, 0.15) is 6.04 Å². The number of carbonyl (C=O) groups is 5. The van der Waals surface area contributed by atoms with Crippen LogP contribution in [0.3, 0.4) is 0 Å². The fraction of sp³-hybridized carbons (Fsp3) is 0.783. The lowest BCUT2D eigenvalue weighted by Gasteiger charge is -2.27. The lowest BCUT2D eigenvalue weighted by molar-refractivity contribution is -0.139. The molecule has 0 spiro atoms. The molecule has 0 aliphatic heterocycles. The van der Waals surface area contributed by atoms with Crippen molar-refractivity contribution >= 4 is 30.0 Å². The minimum atomic E-state index is -1.58. The molecular formula is C23H43N3O10. The van der Waals surface area contributed by atoms with Gasteiger partial charge in [-0.05, 0) is 31.1 Å². The van der Waals surface area contributed by atoms with Crippen molar-refractivity contribution in [3.05, 3.63) is 0 Å². The minimum Gasteiger partial charge on any atom is -0.481 e. The number of amides is 4. The summed E-state index contributed by atoms with van der Waals surface area (Å²) in [6, 6.07) is -2.32. The Kier molecular flexibility index (Phi) is 18.0. The molecule has 1 unspecified atom stereocenters. The summed E-state index contributed by atoms with van der Waals surface area (Å²) >= 11 is 0. The number of rotatable bonds is 16. The third kappa shape index (κ3) is 21.6. The van der Waals surface area contributed by atoms with Crippen molar-refractivity contribution in [2.75, 3.05) is 26.4 Å². The van der Waals surface area contributed by atoms with E-state index in [2.05, 4.69) is 10.6 Å². The Hall–Kier alpha value is -2.93. The van der Waals surface area contributed by atoms with E-state index in [0.29, 0.717) is 39.0 Å². The average Bonchev–Trinajstić information content (AvgIpc) is 2.71. The largest absolute Gasteiger partial charge is 0.481 e. The molecule has 0 radical (unpaired) electrons. The van der Waals surface area contributed by atoms with Crippen LogP contribution in [0.5, 0.6) is 0 Å². The fourth-order valence-corrected chi connectivity index (χ4v) is 2.66. The van der Waals surface area contributed by atoms with Gasteiger partial charge in [-0.3, -0.25) is 9.59 Å². The minimum absolute atomic E-state index is 0.0103. The number of nitrogens with one attached hydrogen (secondary N) is 3. The van der Waals surface area contributed by atoms with Crippen molar-refractivity contribution < 1.29 is 49.1 Å². The highest BCUT2D eigenvalue weighted by Crippen LogP contribution is 2.22. The van der Waals surface area contributed by atoms with Gasteiger partial charge in [0.25, 0.3) is 0 Å². The molecule has 0 aromatic carbocycles. The van der Waals surface area contributed by atoms with Gasteiger partial charge in [0.2, 0.25) is 5.91 Å². The number of carboxylic acids is 2. The Balaban J connectivity index is 0. The summed E-state index contributed by atoms with van der Waals surface area (Å²) in [5, 5.41) is 41.0. The number of ether oxygens (including phenoxy) is 1. The van der Waals surface area contributed by atoms with Gasteiger partial charge >= 0.3 is 24.1 Å². The number of aliphatic hydroxyl groups is 1. The molecule has 36 heavy (non-hydrogen) atoms. The van der Waals surface area contributed by atoms with Crippen LogP contribution < -0.4 is 16.0 Å².